The molecule has 1 heterocycles. The maximum absolute atomic E-state index is 11.8. The molecule has 0 unspecified atom stereocenters. The van der Waals surface area contributed by atoms with E-state index >= 15 is 0 Å². The molecule has 0 saturated carbocycles. The molecular formula is C26H27N2O2S+. The normalized spacial score (nSPS) is 18.9. The Labute approximate surface area is 187 Å². The van der Waals surface area contributed by atoms with Gasteiger partial charge < -0.3 is 15.2 Å². The zero-order valence-electron chi connectivity index (χ0n) is 17.8. The van der Waals surface area contributed by atoms with E-state index in [-0.39, 0.29) is 0 Å². The zero-order valence-corrected chi connectivity index (χ0v) is 18.6. The molecule has 0 radical (unpaired) electrons. The van der Waals surface area contributed by atoms with Crippen LogP contribution in [0.5, 0.6) is 5.75 Å². The SMILES string of the molecule is CCOc1ccc(N/C(C)=C\C2=[N+](c3ccccc3)[C@](O)(c3ccccc3)CS2)cc1. The Bertz CT molecular complexity index is 1080. The Morgan fingerprint density at radius 2 is 1.68 bits per heavy atom. The summed E-state index contributed by atoms with van der Waals surface area (Å²) in [5, 5.41) is 16.2. The standard InChI is InChI=1S/C26H26N2O2S/c1-3-30-24-16-14-22(15-17-24)27-20(2)18-25-28(23-12-8-5-9-13-23)26(29,19-31-25)21-10-6-4-7-11-21/h4-18,29H,3,19H2,1-2H3/p+1/t26-/m1/s1. The highest BCUT2D eigenvalue weighted by Crippen LogP contribution is 2.39. The largest absolute Gasteiger partial charge is 0.494 e. The molecule has 0 bridgehead atoms. The van der Waals surface area contributed by atoms with Gasteiger partial charge in [-0.2, -0.15) is 4.58 Å². The molecule has 0 amide bonds. The van der Waals surface area contributed by atoms with E-state index in [1.165, 1.54) is 0 Å². The highest BCUT2D eigenvalue weighted by atomic mass is 32.2. The number of para-hydroxylation sites is 1. The highest BCUT2D eigenvalue weighted by Gasteiger charge is 2.50. The van der Waals surface area contributed by atoms with Gasteiger partial charge in [0.25, 0.3) is 0 Å². The number of nitrogens with zero attached hydrogens (tertiary/aromatic N) is 1. The van der Waals surface area contributed by atoms with Gasteiger partial charge in [0.1, 0.15) is 11.5 Å². The van der Waals surface area contributed by atoms with Crippen LogP contribution in [0.1, 0.15) is 19.4 Å². The van der Waals surface area contributed by atoms with Gasteiger partial charge in [-0.1, -0.05) is 36.4 Å². The number of hydrogen-bond acceptors (Lipinski definition) is 4. The summed E-state index contributed by atoms with van der Waals surface area (Å²) in [4.78, 5) is 0. The number of hydrogen-bond donors (Lipinski definition) is 2. The van der Waals surface area contributed by atoms with Crippen LogP contribution in [0, 0.1) is 0 Å². The Morgan fingerprint density at radius 1 is 1.03 bits per heavy atom. The quantitative estimate of drug-likeness (QED) is 0.469. The van der Waals surface area contributed by atoms with Gasteiger partial charge in [-0.25, -0.2) is 0 Å². The molecule has 4 nitrogen and oxygen atoms in total. The van der Waals surface area contributed by atoms with Crippen LogP contribution in [0.25, 0.3) is 0 Å². The molecule has 0 aromatic heterocycles. The van der Waals surface area contributed by atoms with E-state index < -0.39 is 5.72 Å². The summed E-state index contributed by atoms with van der Waals surface area (Å²) >= 11 is 1.65. The van der Waals surface area contributed by atoms with Gasteiger partial charge in [-0.15, -0.1) is 0 Å². The van der Waals surface area contributed by atoms with Crippen molar-refractivity contribution in [1.82, 2.24) is 0 Å². The second kappa shape index (κ2) is 9.41. The van der Waals surface area contributed by atoms with Crippen LogP contribution in [0.2, 0.25) is 0 Å². The lowest BCUT2D eigenvalue weighted by molar-refractivity contribution is -0.592. The van der Waals surface area contributed by atoms with Gasteiger partial charge in [0, 0.05) is 29.6 Å². The molecule has 2 N–H and O–H groups in total. The zero-order chi connectivity index (χ0) is 21.7. The van der Waals surface area contributed by atoms with E-state index in [9.17, 15) is 5.11 Å². The second-order valence-electron chi connectivity index (χ2n) is 7.39. The van der Waals surface area contributed by atoms with E-state index in [1.54, 1.807) is 11.8 Å². The first-order valence-electron chi connectivity index (χ1n) is 10.4. The maximum atomic E-state index is 11.8. The number of rotatable bonds is 7. The van der Waals surface area contributed by atoms with Crippen molar-refractivity contribution in [3.8, 4) is 5.75 Å². The summed E-state index contributed by atoms with van der Waals surface area (Å²) in [6.07, 6.45) is 2.09. The fraction of sp³-hybridized carbons (Fsp3) is 0.192. The maximum Gasteiger partial charge on any atom is 0.307 e. The van der Waals surface area contributed by atoms with Crippen LogP contribution >= 0.6 is 11.8 Å². The molecule has 4 rings (SSSR count). The fourth-order valence-corrected chi connectivity index (χ4v) is 4.97. The Balaban J connectivity index is 1.69. The number of thioether (sulfide) groups is 1. The van der Waals surface area contributed by atoms with Crippen LogP contribution in [0.15, 0.2) is 96.7 Å². The molecule has 1 atom stereocenters. The lowest BCUT2D eigenvalue weighted by Crippen LogP contribution is -2.36. The highest BCUT2D eigenvalue weighted by molar-refractivity contribution is 8.14. The van der Waals surface area contributed by atoms with Crippen LogP contribution in [0.4, 0.5) is 11.4 Å². The first-order valence-corrected chi connectivity index (χ1v) is 11.4. The third-order valence-corrected chi connectivity index (χ3v) is 6.25. The Kier molecular flexibility index (Phi) is 6.44. The minimum absolute atomic E-state index is 0.550. The summed E-state index contributed by atoms with van der Waals surface area (Å²) < 4.78 is 7.54. The average Bonchev–Trinajstić information content (AvgIpc) is 3.13. The first-order chi connectivity index (χ1) is 15.1. The Hall–Kier alpha value is -3.02. The molecular weight excluding hydrogens is 404 g/mol. The van der Waals surface area contributed by atoms with Gasteiger partial charge in [0.15, 0.2) is 0 Å². The smallest absolute Gasteiger partial charge is 0.307 e. The number of allylic oxidation sites excluding steroid dienone is 1. The van der Waals surface area contributed by atoms with Crippen LogP contribution < -0.4 is 10.1 Å². The van der Waals surface area contributed by atoms with Crippen molar-refractivity contribution in [2.24, 2.45) is 0 Å². The molecule has 0 saturated heterocycles. The second-order valence-corrected chi connectivity index (χ2v) is 8.39. The first kappa shape index (κ1) is 21.2. The molecule has 158 valence electrons. The monoisotopic (exact) mass is 431 g/mol. The third-order valence-electron chi connectivity index (χ3n) is 5.11. The van der Waals surface area contributed by atoms with Gasteiger partial charge in [0.2, 0.25) is 10.7 Å². The van der Waals surface area contributed by atoms with Gasteiger partial charge in [0.05, 0.1) is 12.2 Å². The minimum atomic E-state index is -1.11. The van der Waals surface area contributed by atoms with Crippen molar-refractivity contribution in [3.05, 3.63) is 102 Å². The average molecular weight is 432 g/mol. The molecule has 0 aliphatic carbocycles. The van der Waals surface area contributed by atoms with E-state index in [1.807, 2.05) is 103 Å². The predicted molar refractivity (Wildman–Crippen MR) is 129 cm³/mol. The summed E-state index contributed by atoms with van der Waals surface area (Å²) in [7, 11) is 0. The molecule has 1 aliphatic rings. The lowest BCUT2D eigenvalue weighted by atomic mass is 10.0. The van der Waals surface area contributed by atoms with Crippen molar-refractivity contribution < 1.29 is 14.4 Å². The summed E-state index contributed by atoms with van der Waals surface area (Å²) in [5.41, 5.74) is 2.71. The molecule has 0 fully saturated rings. The molecule has 31 heavy (non-hydrogen) atoms. The minimum Gasteiger partial charge on any atom is -0.494 e. The number of aliphatic hydroxyl groups is 1. The summed E-state index contributed by atoms with van der Waals surface area (Å²) in [5.74, 6) is 1.41. The number of benzene rings is 3. The summed E-state index contributed by atoms with van der Waals surface area (Å²) in [6.45, 7) is 4.67. The van der Waals surface area contributed by atoms with Crippen molar-refractivity contribution >= 4 is 28.2 Å². The molecule has 3 aromatic rings. The number of nitrogens with one attached hydrogen (secondary N) is 1. The van der Waals surface area contributed by atoms with Crippen LogP contribution in [0.3, 0.4) is 0 Å². The molecule has 3 aromatic carbocycles. The van der Waals surface area contributed by atoms with E-state index in [0.717, 1.165) is 33.4 Å². The number of anilines is 1. The van der Waals surface area contributed by atoms with E-state index in [2.05, 4.69) is 11.4 Å². The molecule has 0 spiro atoms. The van der Waals surface area contributed by atoms with E-state index in [0.29, 0.717) is 12.4 Å². The van der Waals surface area contributed by atoms with Crippen LogP contribution in [-0.4, -0.2) is 27.1 Å². The van der Waals surface area contributed by atoms with Gasteiger partial charge >= 0.3 is 5.72 Å². The topological polar surface area (TPSA) is 44.5 Å². The fourth-order valence-electron chi connectivity index (χ4n) is 3.68. The van der Waals surface area contributed by atoms with Crippen molar-refractivity contribution in [2.75, 3.05) is 17.7 Å². The predicted octanol–water partition coefficient (Wildman–Crippen LogP) is 5.74. The van der Waals surface area contributed by atoms with Crippen molar-refractivity contribution in [1.29, 1.82) is 0 Å². The van der Waals surface area contributed by atoms with Crippen molar-refractivity contribution in [3.63, 3.8) is 0 Å². The van der Waals surface area contributed by atoms with Gasteiger partial charge in [-0.3, -0.25) is 0 Å². The number of ether oxygens (including phenoxy) is 1. The van der Waals surface area contributed by atoms with Crippen molar-refractivity contribution in [2.45, 2.75) is 19.6 Å². The lowest BCUT2D eigenvalue weighted by Gasteiger charge is -2.20. The molecule has 5 heteroatoms. The molecule has 1 aliphatic heterocycles. The third kappa shape index (κ3) is 4.68. The Morgan fingerprint density at radius 3 is 2.32 bits per heavy atom. The summed E-state index contributed by atoms with van der Waals surface area (Å²) in [6, 6.07) is 27.8. The van der Waals surface area contributed by atoms with E-state index in [4.69, 9.17) is 4.74 Å². The van der Waals surface area contributed by atoms with Crippen LogP contribution in [-0.2, 0) is 5.72 Å². The van der Waals surface area contributed by atoms with Gasteiger partial charge in [-0.05, 0) is 62.0 Å².